The van der Waals surface area contributed by atoms with Crippen molar-refractivity contribution in [1.82, 2.24) is 0 Å². The van der Waals surface area contributed by atoms with Gasteiger partial charge >= 0.3 is 0 Å². The van der Waals surface area contributed by atoms with Gasteiger partial charge in [-0.3, -0.25) is 0 Å². The highest BCUT2D eigenvalue weighted by atomic mass is 35.5. The Kier molecular flexibility index (Phi) is 2.75. The van der Waals surface area contributed by atoms with Gasteiger partial charge in [0.25, 0.3) is 6.43 Å². The minimum atomic E-state index is -3.23. The Morgan fingerprint density at radius 2 is 1.62 bits per heavy atom. The fraction of sp³-hybridized carbons (Fsp3) is 0.143. The van der Waals surface area contributed by atoms with Crippen LogP contribution in [0.4, 0.5) is 22.0 Å². The summed E-state index contributed by atoms with van der Waals surface area (Å²) in [7, 11) is 0. The summed E-state index contributed by atoms with van der Waals surface area (Å²) in [6.45, 7) is 0. The van der Waals surface area contributed by atoms with Crippen molar-refractivity contribution in [3.8, 4) is 0 Å². The minimum absolute atomic E-state index is 0.0845. The van der Waals surface area contributed by atoms with Crippen LogP contribution in [-0.2, 0) is 0 Å². The standard InChI is InChI=1S/C7H2ClF5/c8-4-5(10)2(7(12)13)1-3(9)6(4)11/h1,7H. The third kappa shape index (κ3) is 1.75. The van der Waals surface area contributed by atoms with Crippen molar-refractivity contribution < 1.29 is 22.0 Å². The van der Waals surface area contributed by atoms with Gasteiger partial charge < -0.3 is 0 Å². The van der Waals surface area contributed by atoms with E-state index in [4.69, 9.17) is 11.6 Å². The van der Waals surface area contributed by atoms with E-state index in [1.54, 1.807) is 0 Å². The lowest BCUT2D eigenvalue weighted by atomic mass is 10.2. The van der Waals surface area contributed by atoms with Crippen LogP contribution in [-0.4, -0.2) is 0 Å². The highest BCUT2D eigenvalue weighted by molar-refractivity contribution is 6.31. The Morgan fingerprint density at radius 1 is 1.08 bits per heavy atom. The fourth-order valence-corrected chi connectivity index (χ4v) is 0.949. The maximum absolute atomic E-state index is 12.7. The molecule has 6 heteroatoms. The van der Waals surface area contributed by atoms with Gasteiger partial charge in [0.1, 0.15) is 5.02 Å². The molecule has 0 amide bonds. The third-order valence-electron chi connectivity index (χ3n) is 1.37. The molecule has 13 heavy (non-hydrogen) atoms. The average Bonchev–Trinajstić information content (AvgIpc) is 2.07. The average molecular weight is 217 g/mol. The van der Waals surface area contributed by atoms with Crippen LogP contribution < -0.4 is 0 Å². The zero-order valence-corrected chi connectivity index (χ0v) is 6.68. The van der Waals surface area contributed by atoms with Crippen molar-refractivity contribution in [2.24, 2.45) is 0 Å². The van der Waals surface area contributed by atoms with Crippen molar-refractivity contribution in [1.29, 1.82) is 0 Å². The lowest BCUT2D eigenvalue weighted by Crippen LogP contribution is -1.97. The molecule has 0 bridgehead atoms. The van der Waals surface area contributed by atoms with E-state index in [0.29, 0.717) is 0 Å². The summed E-state index contributed by atoms with van der Waals surface area (Å²) in [4.78, 5) is 0. The van der Waals surface area contributed by atoms with Gasteiger partial charge in [0.15, 0.2) is 17.5 Å². The van der Waals surface area contributed by atoms with E-state index < -0.39 is 34.5 Å². The molecule has 0 heterocycles. The van der Waals surface area contributed by atoms with Crippen LogP contribution >= 0.6 is 11.6 Å². The molecule has 1 rings (SSSR count). The highest BCUT2D eigenvalue weighted by Gasteiger charge is 2.22. The summed E-state index contributed by atoms with van der Waals surface area (Å²) in [6.07, 6.45) is -3.23. The Labute approximate surface area is 74.9 Å². The second kappa shape index (κ2) is 3.49. The molecule has 0 atom stereocenters. The number of benzene rings is 1. The van der Waals surface area contributed by atoms with Gasteiger partial charge in [-0.05, 0) is 6.07 Å². The molecule has 1 aromatic rings. The lowest BCUT2D eigenvalue weighted by Gasteiger charge is -2.04. The van der Waals surface area contributed by atoms with Gasteiger partial charge in [-0.1, -0.05) is 11.6 Å². The van der Waals surface area contributed by atoms with Crippen LogP contribution in [0.1, 0.15) is 12.0 Å². The second-order valence-electron chi connectivity index (χ2n) is 2.19. The zero-order valence-electron chi connectivity index (χ0n) is 5.92. The lowest BCUT2D eigenvalue weighted by molar-refractivity contribution is 0.145. The molecule has 0 radical (unpaired) electrons. The molecule has 0 aliphatic heterocycles. The van der Waals surface area contributed by atoms with Crippen LogP contribution in [0, 0.1) is 17.5 Å². The van der Waals surface area contributed by atoms with Crippen molar-refractivity contribution in [3.05, 3.63) is 34.1 Å². The SMILES string of the molecule is Fc1cc(C(F)F)c(F)c(Cl)c1F. The largest absolute Gasteiger partial charge is 0.266 e. The van der Waals surface area contributed by atoms with Gasteiger partial charge in [-0.15, -0.1) is 0 Å². The topological polar surface area (TPSA) is 0 Å². The van der Waals surface area contributed by atoms with Crippen molar-refractivity contribution in [2.75, 3.05) is 0 Å². The Bertz CT molecular complexity index is 336. The van der Waals surface area contributed by atoms with Crippen molar-refractivity contribution >= 4 is 11.6 Å². The summed E-state index contributed by atoms with van der Waals surface area (Å²) in [6, 6.07) is 0.0845. The first-order valence-corrected chi connectivity index (χ1v) is 3.44. The first-order chi connectivity index (χ1) is 5.95. The molecule has 0 fully saturated rings. The van der Waals surface area contributed by atoms with E-state index in [0.717, 1.165) is 0 Å². The van der Waals surface area contributed by atoms with Crippen molar-refractivity contribution in [2.45, 2.75) is 6.43 Å². The molecule has 0 nitrogen and oxygen atoms in total. The quantitative estimate of drug-likeness (QED) is 0.382. The fourth-order valence-electron chi connectivity index (χ4n) is 0.750. The molecule has 0 unspecified atom stereocenters. The molecule has 0 aliphatic rings. The summed E-state index contributed by atoms with van der Waals surface area (Å²) in [5, 5.41) is -1.25. The maximum atomic E-state index is 12.7. The predicted molar refractivity (Wildman–Crippen MR) is 36.3 cm³/mol. The number of rotatable bonds is 1. The molecule has 1 aromatic carbocycles. The number of hydrogen-bond acceptors (Lipinski definition) is 0. The van der Waals surface area contributed by atoms with Crippen LogP contribution in [0.2, 0.25) is 5.02 Å². The molecule has 0 aromatic heterocycles. The number of halogens is 6. The molecular formula is C7H2ClF5. The molecule has 0 aliphatic carbocycles. The first-order valence-electron chi connectivity index (χ1n) is 3.06. The van der Waals surface area contributed by atoms with Gasteiger partial charge in [-0.25, -0.2) is 22.0 Å². The normalized spacial score (nSPS) is 11.0. The summed E-state index contributed by atoms with van der Waals surface area (Å²) >= 11 is 4.91. The van der Waals surface area contributed by atoms with E-state index in [1.165, 1.54) is 0 Å². The van der Waals surface area contributed by atoms with Crippen LogP contribution in [0.25, 0.3) is 0 Å². The van der Waals surface area contributed by atoms with Gasteiger partial charge in [-0.2, -0.15) is 0 Å². The van der Waals surface area contributed by atoms with Crippen molar-refractivity contribution in [3.63, 3.8) is 0 Å². The van der Waals surface area contributed by atoms with Gasteiger partial charge in [0.05, 0.1) is 5.56 Å². The van der Waals surface area contributed by atoms with E-state index in [2.05, 4.69) is 0 Å². The zero-order chi connectivity index (χ0) is 10.2. The summed E-state index contributed by atoms with van der Waals surface area (Å²) in [5.74, 6) is -4.89. The Hall–Kier alpha value is -0.840. The van der Waals surface area contributed by atoms with E-state index >= 15 is 0 Å². The first kappa shape index (κ1) is 10.2. The number of alkyl halides is 2. The highest BCUT2D eigenvalue weighted by Crippen LogP contribution is 2.30. The molecular weight excluding hydrogens is 215 g/mol. The third-order valence-corrected chi connectivity index (χ3v) is 1.70. The Morgan fingerprint density at radius 3 is 2.08 bits per heavy atom. The van der Waals surface area contributed by atoms with Gasteiger partial charge in [0.2, 0.25) is 0 Å². The minimum Gasteiger partial charge on any atom is -0.205 e. The molecule has 0 saturated carbocycles. The van der Waals surface area contributed by atoms with E-state index in [-0.39, 0.29) is 6.07 Å². The van der Waals surface area contributed by atoms with Gasteiger partial charge in [0, 0.05) is 0 Å². The number of hydrogen-bond donors (Lipinski definition) is 0. The predicted octanol–water partition coefficient (Wildman–Crippen LogP) is 3.69. The molecule has 0 spiro atoms. The van der Waals surface area contributed by atoms with E-state index in [9.17, 15) is 22.0 Å². The monoisotopic (exact) mass is 216 g/mol. The maximum Gasteiger partial charge on any atom is 0.266 e. The molecule has 72 valence electrons. The smallest absolute Gasteiger partial charge is 0.205 e. The molecule has 0 N–H and O–H groups in total. The summed E-state index contributed by atoms with van der Waals surface area (Å²) < 4.78 is 61.4. The van der Waals surface area contributed by atoms with E-state index in [1.807, 2.05) is 0 Å². The summed E-state index contributed by atoms with van der Waals surface area (Å²) in [5.41, 5.74) is -1.25. The second-order valence-corrected chi connectivity index (χ2v) is 2.57. The van der Waals surface area contributed by atoms with Crippen LogP contribution in [0.5, 0.6) is 0 Å². The Balaban J connectivity index is 3.41. The molecule has 0 saturated heterocycles. The van der Waals surface area contributed by atoms with Crippen LogP contribution in [0.15, 0.2) is 6.07 Å². The van der Waals surface area contributed by atoms with Crippen LogP contribution in [0.3, 0.4) is 0 Å².